The van der Waals surface area contributed by atoms with E-state index in [2.05, 4.69) is 15.0 Å². The third-order valence-electron chi connectivity index (χ3n) is 4.78. The van der Waals surface area contributed by atoms with E-state index in [0.717, 1.165) is 47.8 Å². The first-order valence-electron chi connectivity index (χ1n) is 10.1. The van der Waals surface area contributed by atoms with Crippen molar-refractivity contribution in [2.45, 2.75) is 0 Å². The number of aromatic nitrogens is 3. The minimum absolute atomic E-state index is 0. The molecule has 3 heterocycles. The molecule has 0 aliphatic rings. The molecule has 0 spiro atoms. The topological polar surface area (TPSA) is 38.7 Å². The van der Waals surface area contributed by atoms with Gasteiger partial charge in [0.25, 0.3) is 0 Å². The van der Waals surface area contributed by atoms with E-state index in [-0.39, 0.29) is 19.8 Å². The van der Waals surface area contributed by atoms with E-state index in [1.165, 1.54) is 0 Å². The number of nitrogens with zero attached hydrogens (tertiary/aromatic N) is 3. The van der Waals surface area contributed by atoms with Crippen molar-refractivity contribution in [1.82, 2.24) is 15.0 Å². The summed E-state index contributed by atoms with van der Waals surface area (Å²) in [5.74, 6) is 0. The fourth-order valence-electron chi connectivity index (χ4n) is 3.20. The minimum atomic E-state index is 0. The van der Waals surface area contributed by atoms with Crippen molar-refractivity contribution in [2.75, 3.05) is 0 Å². The summed E-state index contributed by atoms with van der Waals surface area (Å²) in [6.07, 6.45) is 5.29. The van der Waals surface area contributed by atoms with Gasteiger partial charge in [0.05, 0.1) is 16.6 Å². The molecule has 0 fully saturated rings. The van der Waals surface area contributed by atoms with Crippen LogP contribution in [0.5, 0.6) is 0 Å². The van der Waals surface area contributed by atoms with Crippen LogP contribution >= 0.6 is 34.8 Å². The number of fused-ring (bicyclic) bond motifs is 3. The van der Waals surface area contributed by atoms with Gasteiger partial charge in [-0.15, -0.1) is 0 Å². The quantitative estimate of drug-likeness (QED) is 0.176. The maximum atomic E-state index is 5.92. The number of hydrogen-bond acceptors (Lipinski definition) is 3. The summed E-state index contributed by atoms with van der Waals surface area (Å²) in [5.41, 5.74) is 2.83. The first kappa shape index (κ1) is 26.0. The predicted octanol–water partition coefficient (Wildman–Crippen LogP) is 8.28. The van der Waals surface area contributed by atoms with Gasteiger partial charge in [-0.3, -0.25) is 15.0 Å². The fourth-order valence-corrected chi connectivity index (χ4v) is 3.90. The average Bonchev–Trinajstić information content (AvgIpc) is 2.86. The summed E-state index contributed by atoms with van der Waals surface area (Å²) in [6, 6.07) is 28.7. The SMILES string of the molecule is Clc1cccc2ncccc12.Clc1cccc2ncccc12.Clc1cccc2ncccc12.[Ga]. The van der Waals surface area contributed by atoms with Gasteiger partial charge in [0.15, 0.2) is 0 Å². The molecule has 3 aromatic heterocycles. The van der Waals surface area contributed by atoms with E-state index in [4.69, 9.17) is 34.8 Å². The van der Waals surface area contributed by atoms with Crippen LogP contribution in [0.25, 0.3) is 32.7 Å². The Hall–Kier alpha value is -2.60. The summed E-state index contributed by atoms with van der Waals surface area (Å²) in [4.78, 5) is 12.5. The molecule has 6 rings (SSSR count). The Morgan fingerprint density at radius 2 is 0.676 bits per heavy atom. The van der Waals surface area contributed by atoms with Gasteiger partial charge in [-0.25, -0.2) is 0 Å². The van der Waals surface area contributed by atoms with Crippen molar-refractivity contribution in [3.63, 3.8) is 0 Å². The van der Waals surface area contributed by atoms with Crippen LogP contribution in [0.1, 0.15) is 0 Å². The summed E-state index contributed by atoms with van der Waals surface area (Å²) in [5, 5.41) is 5.31. The van der Waals surface area contributed by atoms with Gasteiger partial charge in [0.1, 0.15) is 0 Å². The molecular formula is C27H18Cl3GaN3. The Morgan fingerprint density at radius 3 is 0.941 bits per heavy atom. The summed E-state index contributed by atoms with van der Waals surface area (Å²) < 4.78 is 0. The molecular weight excluding hydrogens is 542 g/mol. The van der Waals surface area contributed by atoms with E-state index < -0.39 is 0 Å². The smallest absolute Gasteiger partial charge is 0.0716 e. The second-order valence-corrected chi connectivity index (χ2v) is 8.15. The molecule has 7 heteroatoms. The largest absolute Gasteiger partial charge is 0.256 e. The molecule has 6 aromatic rings. The van der Waals surface area contributed by atoms with Gasteiger partial charge in [0, 0.05) is 69.6 Å². The van der Waals surface area contributed by atoms with E-state index in [1.54, 1.807) is 18.6 Å². The normalized spacial score (nSPS) is 9.97. The molecule has 3 aromatic carbocycles. The van der Waals surface area contributed by atoms with Gasteiger partial charge >= 0.3 is 0 Å². The first-order valence-corrected chi connectivity index (χ1v) is 11.2. The maximum absolute atomic E-state index is 5.92. The zero-order valence-corrected chi connectivity index (χ0v) is 22.6. The molecule has 3 radical (unpaired) electrons. The fraction of sp³-hybridized carbons (Fsp3) is 0. The van der Waals surface area contributed by atoms with Crippen LogP contribution in [0, 0.1) is 0 Å². The van der Waals surface area contributed by atoms with Crippen LogP contribution < -0.4 is 0 Å². The Morgan fingerprint density at radius 1 is 0.382 bits per heavy atom. The Balaban J connectivity index is 0.000000141. The van der Waals surface area contributed by atoms with Crippen LogP contribution in [0.4, 0.5) is 0 Å². The molecule has 0 saturated carbocycles. The van der Waals surface area contributed by atoms with Crippen molar-refractivity contribution in [3.05, 3.63) is 125 Å². The van der Waals surface area contributed by atoms with Gasteiger partial charge in [0.2, 0.25) is 0 Å². The average molecular weight is 561 g/mol. The molecule has 0 atom stereocenters. The molecule has 0 aliphatic heterocycles. The van der Waals surface area contributed by atoms with Crippen LogP contribution in [0.15, 0.2) is 110 Å². The van der Waals surface area contributed by atoms with Gasteiger partial charge in [-0.2, -0.15) is 0 Å². The number of rotatable bonds is 0. The van der Waals surface area contributed by atoms with Gasteiger partial charge in [-0.05, 0) is 72.8 Å². The van der Waals surface area contributed by atoms with Gasteiger partial charge in [-0.1, -0.05) is 53.0 Å². The number of hydrogen-bond donors (Lipinski definition) is 0. The number of benzene rings is 3. The number of pyridine rings is 3. The van der Waals surface area contributed by atoms with E-state index in [0.29, 0.717) is 0 Å². The van der Waals surface area contributed by atoms with Crippen LogP contribution in [-0.4, -0.2) is 34.7 Å². The molecule has 3 nitrogen and oxygen atoms in total. The maximum Gasteiger partial charge on any atom is 0.0716 e. The van der Waals surface area contributed by atoms with E-state index in [1.807, 2.05) is 91.0 Å². The minimum Gasteiger partial charge on any atom is -0.256 e. The zero-order valence-electron chi connectivity index (χ0n) is 17.9. The van der Waals surface area contributed by atoms with Crippen molar-refractivity contribution in [2.24, 2.45) is 0 Å². The predicted molar refractivity (Wildman–Crippen MR) is 146 cm³/mol. The van der Waals surface area contributed by atoms with E-state index >= 15 is 0 Å². The van der Waals surface area contributed by atoms with Crippen molar-refractivity contribution in [1.29, 1.82) is 0 Å². The molecule has 0 unspecified atom stereocenters. The molecule has 0 amide bonds. The van der Waals surface area contributed by atoms with Crippen LogP contribution in [-0.2, 0) is 0 Å². The number of halogens is 3. The third-order valence-corrected chi connectivity index (χ3v) is 5.77. The standard InChI is InChI=1S/3C9H6ClN.Ga/c3*10-8-4-1-5-9-7(8)3-2-6-11-9;/h3*1-6H;. The second kappa shape index (κ2) is 12.7. The van der Waals surface area contributed by atoms with Crippen molar-refractivity contribution in [3.8, 4) is 0 Å². The van der Waals surface area contributed by atoms with Crippen molar-refractivity contribution >= 4 is 87.3 Å². The third kappa shape index (κ3) is 6.50. The molecule has 0 saturated heterocycles. The van der Waals surface area contributed by atoms with Gasteiger partial charge < -0.3 is 0 Å². The first-order chi connectivity index (χ1) is 16.1. The Kier molecular flexibility index (Phi) is 9.75. The van der Waals surface area contributed by atoms with Crippen LogP contribution in [0.2, 0.25) is 15.1 Å². The Labute approximate surface area is 225 Å². The molecule has 0 N–H and O–H groups in total. The molecule has 34 heavy (non-hydrogen) atoms. The monoisotopic (exact) mass is 558 g/mol. The molecule has 0 aliphatic carbocycles. The molecule has 0 bridgehead atoms. The molecule has 165 valence electrons. The van der Waals surface area contributed by atoms with E-state index in [9.17, 15) is 0 Å². The summed E-state index contributed by atoms with van der Waals surface area (Å²) in [7, 11) is 0. The Bertz CT molecular complexity index is 1330. The second-order valence-electron chi connectivity index (χ2n) is 6.93. The zero-order chi connectivity index (χ0) is 23.0. The van der Waals surface area contributed by atoms with Crippen LogP contribution in [0.3, 0.4) is 0 Å². The van der Waals surface area contributed by atoms with Crippen molar-refractivity contribution < 1.29 is 0 Å². The summed E-state index contributed by atoms with van der Waals surface area (Å²) >= 11 is 17.8. The summed E-state index contributed by atoms with van der Waals surface area (Å²) in [6.45, 7) is 0.